The van der Waals surface area contributed by atoms with E-state index in [-0.39, 0.29) is 5.91 Å². The molecule has 0 unspecified atom stereocenters. The highest BCUT2D eigenvalue weighted by molar-refractivity contribution is 5.94. The Morgan fingerprint density at radius 2 is 2.33 bits per heavy atom. The molecular formula is C10H12N4O. The van der Waals surface area contributed by atoms with Crippen LogP contribution in [0.25, 0.3) is 0 Å². The van der Waals surface area contributed by atoms with Crippen molar-refractivity contribution in [3.05, 3.63) is 36.2 Å². The van der Waals surface area contributed by atoms with Gasteiger partial charge in [0.2, 0.25) is 0 Å². The zero-order valence-corrected chi connectivity index (χ0v) is 8.71. The summed E-state index contributed by atoms with van der Waals surface area (Å²) in [7, 11) is 0. The van der Waals surface area contributed by atoms with Gasteiger partial charge in [0.05, 0.1) is 5.69 Å². The Balaban J connectivity index is 2.41. The minimum Gasteiger partial charge on any atom is -0.271 e. The van der Waals surface area contributed by atoms with Crippen LogP contribution in [0.1, 0.15) is 23.1 Å². The summed E-state index contributed by atoms with van der Waals surface area (Å²) >= 11 is 0. The van der Waals surface area contributed by atoms with Gasteiger partial charge in [-0.2, -0.15) is 5.10 Å². The molecule has 0 amide bonds. The van der Waals surface area contributed by atoms with Crippen molar-refractivity contribution in [3.8, 4) is 0 Å². The standard InChI is InChI=1S/C10H12N4O/c1-3-14-9(6-8(2)12-14)10(15)13-5-4-11-7-13/h4-7H,3H2,1-2H3. The molecule has 0 aromatic carbocycles. The molecule has 2 aromatic rings. The Kier molecular flexibility index (Phi) is 2.37. The van der Waals surface area contributed by atoms with Gasteiger partial charge in [-0.1, -0.05) is 0 Å². The normalized spacial score (nSPS) is 10.5. The highest BCUT2D eigenvalue weighted by Gasteiger charge is 2.14. The molecule has 2 heterocycles. The van der Waals surface area contributed by atoms with Gasteiger partial charge in [-0.05, 0) is 19.9 Å². The first-order valence-corrected chi connectivity index (χ1v) is 4.79. The van der Waals surface area contributed by atoms with Crippen molar-refractivity contribution in [2.45, 2.75) is 20.4 Å². The van der Waals surface area contributed by atoms with Gasteiger partial charge in [0.25, 0.3) is 5.91 Å². The summed E-state index contributed by atoms with van der Waals surface area (Å²) in [4.78, 5) is 15.8. The molecule has 5 nitrogen and oxygen atoms in total. The monoisotopic (exact) mass is 204 g/mol. The van der Waals surface area contributed by atoms with E-state index < -0.39 is 0 Å². The molecular weight excluding hydrogens is 192 g/mol. The second kappa shape index (κ2) is 3.68. The third-order valence-corrected chi connectivity index (χ3v) is 2.16. The molecule has 2 aromatic heterocycles. The molecule has 0 saturated carbocycles. The molecule has 0 aliphatic carbocycles. The van der Waals surface area contributed by atoms with Gasteiger partial charge in [-0.25, -0.2) is 4.98 Å². The summed E-state index contributed by atoms with van der Waals surface area (Å²) < 4.78 is 3.14. The quantitative estimate of drug-likeness (QED) is 0.736. The number of hydrogen-bond acceptors (Lipinski definition) is 3. The number of rotatable bonds is 2. The number of aromatic nitrogens is 4. The van der Waals surface area contributed by atoms with Crippen molar-refractivity contribution in [2.24, 2.45) is 0 Å². The van der Waals surface area contributed by atoms with E-state index in [4.69, 9.17) is 0 Å². The summed E-state index contributed by atoms with van der Waals surface area (Å²) in [6.07, 6.45) is 4.70. The highest BCUT2D eigenvalue weighted by atomic mass is 16.2. The first-order chi connectivity index (χ1) is 7.22. The first-order valence-electron chi connectivity index (χ1n) is 4.79. The Morgan fingerprint density at radius 1 is 1.53 bits per heavy atom. The van der Waals surface area contributed by atoms with Gasteiger partial charge in [0, 0.05) is 18.9 Å². The summed E-state index contributed by atoms with van der Waals surface area (Å²) in [5.41, 5.74) is 1.44. The van der Waals surface area contributed by atoms with E-state index in [1.807, 2.05) is 13.8 Å². The molecule has 0 spiro atoms. The van der Waals surface area contributed by atoms with Crippen LogP contribution in [-0.4, -0.2) is 25.2 Å². The Bertz CT molecular complexity index is 470. The fourth-order valence-electron chi connectivity index (χ4n) is 1.47. The molecule has 0 aliphatic heterocycles. The number of carbonyl (C=O) groups excluding carboxylic acids is 1. The predicted octanol–water partition coefficient (Wildman–Crippen LogP) is 1.10. The van der Waals surface area contributed by atoms with Gasteiger partial charge in [-0.3, -0.25) is 14.0 Å². The Hall–Kier alpha value is -1.91. The molecule has 0 fully saturated rings. The summed E-state index contributed by atoms with van der Waals surface area (Å²) in [5.74, 6) is -0.102. The number of carbonyl (C=O) groups is 1. The van der Waals surface area contributed by atoms with Crippen molar-refractivity contribution < 1.29 is 4.79 Å². The molecule has 0 N–H and O–H groups in total. The van der Waals surface area contributed by atoms with E-state index >= 15 is 0 Å². The van der Waals surface area contributed by atoms with Gasteiger partial charge in [0.1, 0.15) is 12.0 Å². The van der Waals surface area contributed by atoms with Crippen molar-refractivity contribution in [1.29, 1.82) is 0 Å². The number of imidazole rings is 1. The van der Waals surface area contributed by atoms with Crippen molar-refractivity contribution >= 4 is 5.91 Å². The van der Waals surface area contributed by atoms with E-state index in [1.54, 1.807) is 23.1 Å². The SMILES string of the molecule is CCn1nc(C)cc1C(=O)n1ccnc1. The zero-order valence-electron chi connectivity index (χ0n) is 8.71. The van der Waals surface area contributed by atoms with E-state index in [1.165, 1.54) is 10.9 Å². The number of nitrogens with zero attached hydrogens (tertiary/aromatic N) is 4. The summed E-state index contributed by atoms with van der Waals surface area (Å²) in [6, 6.07) is 1.78. The fraction of sp³-hybridized carbons (Fsp3) is 0.300. The number of hydrogen-bond donors (Lipinski definition) is 0. The Labute approximate surface area is 87.4 Å². The molecule has 0 aliphatic rings. The van der Waals surface area contributed by atoms with E-state index in [2.05, 4.69) is 10.1 Å². The molecule has 0 bridgehead atoms. The molecule has 0 atom stereocenters. The third-order valence-electron chi connectivity index (χ3n) is 2.16. The van der Waals surface area contributed by atoms with Crippen molar-refractivity contribution in [2.75, 3.05) is 0 Å². The largest absolute Gasteiger partial charge is 0.281 e. The lowest BCUT2D eigenvalue weighted by Gasteiger charge is -2.03. The highest BCUT2D eigenvalue weighted by Crippen LogP contribution is 2.06. The van der Waals surface area contributed by atoms with Crippen LogP contribution in [0, 0.1) is 6.92 Å². The Morgan fingerprint density at radius 3 is 2.93 bits per heavy atom. The maximum Gasteiger partial charge on any atom is 0.281 e. The van der Waals surface area contributed by atoms with Crippen molar-refractivity contribution in [1.82, 2.24) is 19.3 Å². The van der Waals surface area contributed by atoms with Crippen LogP contribution in [0.4, 0.5) is 0 Å². The second-order valence-electron chi connectivity index (χ2n) is 3.26. The first kappa shape index (κ1) is 9.64. The maximum atomic E-state index is 12.0. The topological polar surface area (TPSA) is 52.7 Å². The number of aryl methyl sites for hydroxylation is 2. The zero-order chi connectivity index (χ0) is 10.8. The van der Waals surface area contributed by atoms with Gasteiger partial charge >= 0.3 is 0 Å². The van der Waals surface area contributed by atoms with E-state index in [9.17, 15) is 4.79 Å². The third kappa shape index (κ3) is 1.68. The molecule has 5 heteroatoms. The van der Waals surface area contributed by atoms with Crippen LogP contribution in [0.3, 0.4) is 0 Å². The van der Waals surface area contributed by atoms with Crippen LogP contribution in [0.15, 0.2) is 24.8 Å². The van der Waals surface area contributed by atoms with Crippen LogP contribution < -0.4 is 0 Å². The van der Waals surface area contributed by atoms with Gasteiger partial charge < -0.3 is 0 Å². The lowest BCUT2D eigenvalue weighted by Crippen LogP contribution is -2.15. The van der Waals surface area contributed by atoms with E-state index in [0.717, 1.165) is 5.69 Å². The minimum absolute atomic E-state index is 0.102. The molecule has 2 rings (SSSR count). The summed E-state index contributed by atoms with van der Waals surface area (Å²) in [6.45, 7) is 4.51. The molecule has 0 radical (unpaired) electrons. The summed E-state index contributed by atoms with van der Waals surface area (Å²) in [5, 5.41) is 4.22. The van der Waals surface area contributed by atoms with Crippen LogP contribution in [0.2, 0.25) is 0 Å². The maximum absolute atomic E-state index is 12.0. The molecule has 78 valence electrons. The molecule has 15 heavy (non-hydrogen) atoms. The average molecular weight is 204 g/mol. The second-order valence-corrected chi connectivity index (χ2v) is 3.26. The van der Waals surface area contributed by atoms with Crippen molar-refractivity contribution in [3.63, 3.8) is 0 Å². The van der Waals surface area contributed by atoms with Crippen LogP contribution >= 0.6 is 0 Å². The predicted molar refractivity (Wildman–Crippen MR) is 54.6 cm³/mol. The lowest BCUT2D eigenvalue weighted by atomic mass is 10.3. The average Bonchev–Trinajstić information content (AvgIpc) is 2.84. The van der Waals surface area contributed by atoms with Gasteiger partial charge in [0.15, 0.2) is 0 Å². The van der Waals surface area contributed by atoms with Gasteiger partial charge in [-0.15, -0.1) is 0 Å². The lowest BCUT2D eigenvalue weighted by molar-refractivity contribution is 0.0949. The fourth-order valence-corrected chi connectivity index (χ4v) is 1.47. The molecule has 0 saturated heterocycles. The minimum atomic E-state index is -0.102. The van der Waals surface area contributed by atoms with Crippen LogP contribution in [0.5, 0.6) is 0 Å². The van der Waals surface area contributed by atoms with Crippen LogP contribution in [-0.2, 0) is 6.54 Å². The van der Waals surface area contributed by atoms with E-state index in [0.29, 0.717) is 12.2 Å². The smallest absolute Gasteiger partial charge is 0.271 e.